The Bertz CT molecular complexity index is 406. The highest BCUT2D eigenvalue weighted by Crippen LogP contribution is 2.26. The third kappa shape index (κ3) is 3.69. The van der Waals surface area contributed by atoms with Crippen molar-refractivity contribution < 1.29 is 4.39 Å². The van der Waals surface area contributed by atoms with Gasteiger partial charge in [0.1, 0.15) is 5.82 Å². The van der Waals surface area contributed by atoms with Crippen molar-refractivity contribution in [1.82, 2.24) is 5.32 Å². The lowest BCUT2D eigenvalue weighted by atomic mass is 9.98. The number of hydrogen-bond acceptors (Lipinski definition) is 2. The molecule has 1 heterocycles. The normalized spacial score (nSPS) is 20.4. The second-order valence-electron chi connectivity index (χ2n) is 5.51. The second kappa shape index (κ2) is 6.90. The predicted octanol–water partition coefficient (Wildman–Crippen LogP) is 3.56. The molecule has 2 nitrogen and oxygen atoms in total. The van der Waals surface area contributed by atoms with Gasteiger partial charge in [-0.15, -0.1) is 0 Å². The number of nitrogens with zero attached hydrogens (tertiary/aromatic N) is 1. The van der Waals surface area contributed by atoms with E-state index in [-0.39, 0.29) is 5.82 Å². The van der Waals surface area contributed by atoms with Crippen LogP contribution in [0.5, 0.6) is 0 Å². The van der Waals surface area contributed by atoms with Crippen LogP contribution in [0.1, 0.15) is 38.2 Å². The summed E-state index contributed by atoms with van der Waals surface area (Å²) >= 11 is 0. The lowest BCUT2D eigenvalue weighted by molar-refractivity contribution is 0.459. The summed E-state index contributed by atoms with van der Waals surface area (Å²) in [6.07, 6.45) is 4.90. The Kier molecular flexibility index (Phi) is 5.20. The maximum absolute atomic E-state index is 14.2. The van der Waals surface area contributed by atoms with E-state index < -0.39 is 0 Å². The Balaban J connectivity index is 2.08. The number of benzene rings is 1. The molecule has 1 N–H and O–H groups in total. The van der Waals surface area contributed by atoms with Gasteiger partial charge in [0.25, 0.3) is 0 Å². The van der Waals surface area contributed by atoms with Gasteiger partial charge >= 0.3 is 0 Å². The lowest BCUT2D eigenvalue weighted by Gasteiger charge is -2.23. The first-order chi connectivity index (χ1) is 9.24. The van der Waals surface area contributed by atoms with Crippen LogP contribution in [0.4, 0.5) is 10.1 Å². The Morgan fingerprint density at radius 1 is 1.32 bits per heavy atom. The molecule has 0 aromatic heterocycles. The van der Waals surface area contributed by atoms with Crippen molar-refractivity contribution in [2.45, 2.75) is 39.2 Å². The van der Waals surface area contributed by atoms with Crippen LogP contribution in [-0.2, 0) is 6.54 Å². The maximum atomic E-state index is 14.2. The zero-order valence-corrected chi connectivity index (χ0v) is 12.1. The van der Waals surface area contributed by atoms with Crippen molar-refractivity contribution in [3.8, 4) is 0 Å². The molecule has 1 saturated heterocycles. The van der Waals surface area contributed by atoms with E-state index in [1.807, 2.05) is 19.2 Å². The molecule has 0 saturated carbocycles. The van der Waals surface area contributed by atoms with Gasteiger partial charge < -0.3 is 10.2 Å². The summed E-state index contributed by atoms with van der Waals surface area (Å²) in [5, 5.41) is 3.05. The molecule has 19 heavy (non-hydrogen) atoms. The summed E-state index contributed by atoms with van der Waals surface area (Å²) in [6.45, 7) is 4.95. The van der Waals surface area contributed by atoms with Crippen LogP contribution in [0.15, 0.2) is 18.2 Å². The molecule has 0 amide bonds. The van der Waals surface area contributed by atoms with Crippen LogP contribution in [0.2, 0.25) is 0 Å². The number of halogens is 1. The van der Waals surface area contributed by atoms with E-state index in [1.54, 1.807) is 6.07 Å². The molecular formula is C16H25FN2. The molecule has 1 aliphatic rings. The van der Waals surface area contributed by atoms with Crippen LogP contribution in [0.3, 0.4) is 0 Å². The summed E-state index contributed by atoms with van der Waals surface area (Å²) in [4.78, 5) is 2.22. The van der Waals surface area contributed by atoms with Crippen LogP contribution < -0.4 is 10.2 Å². The average Bonchev–Trinajstić information content (AvgIpc) is 2.64. The first-order valence-corrected chi connectivity index (χ1v) is 7.42. The van der Waals surface area contributed by atoms with E-state index in [0.29, 0.717) is 0 Å². The molecule has 0 aliphatic carbocycles. The highest BCUT2D eigenvalue weighted by atomic mass is 19.1. The van der Waals surface area contributed by atoms with Crippen molar-refractivity contribution in [2.24, 2.45) is 5.92 Å². The Morgan fingerprint density at radius 3 is 2.84 bits per heavy atom. The van der Waals surface area contributed by atoms with Crippen molar-refractivity contribution in [3.63, 3.8) is 0 Å². The van der Waals surface area contributed by atoms with E-state index in [2.05, 4.69) is 17.1 Å². The first-order valence-electron chi connectivity index (χ1n) is 7.42. The van der Waals surface area contributed by atoms with Crippen molar-refractivity contribution >= 4 is 5.69 Å². The van der Waals surface area contributed by atoms with Gasteiger partial charge in [0.05, 0.1) is 5.69 Å². The molecule has 0 bridgehead atoms. The third-order valence-electron chi connectivity index (χ3n) is 4.16. The van der Waals surface area contributed by atoms with Gasteiger partial charge in [0.2, 0.25) is 0 Å². The second-order valence-corrected chi connectivity index (χ2v) is 5.51. The minimum Gasteiger partial charge on any atom is -0.369 e. The van der Waals surface area contributed by atoms with E-state index in [9.17, 15) is 4.39 Å². The zero-order valence-electron chi connectivity index (χ0n) is 12.1. The average molecular weight is 264 g/mol. The molecule has 1 aromatic carbocycles. The highest BCUT2D eigenvalue weighted by Gasteiger charge is 2.18. The minimum absolute atomic E-state index is 0.0808. The smallest absolute Gasteiger partial charge is 0.146 e. The number of rotatable bonds is 4. The van der Waals surface area contributed by atoms with Crippen molar-refractivity contribution in [2.75, 3.05) is 25.0 Å². The molecule has 1 unspecified atom stereocenters. The molecule has 1 aliphatic heterocycles. The molecule has 1 atom stereocenters. The van der Waals surface area contributed by atoms with Gasteiger partial charge in [0.15, 0.2) is 0 Å². The van der Waals surface area contributed by atoms with E-state index in [4.69, 9.17) is 0 Å². The van der Waals surface area contributed by atoms with Gasteiger partial charge in [0, 0.05) is 19.6 Å². The molecular weight excluding hydrogens is 239 g/mol. The van der Waals surface area contributed by atoms with Gasteiger partial charge in [-0.05, 0) is 49.9 Å². The van der Waals surface area contributed by atoms with Gasteiger partial charge in [-0.3, -0.25) is 0 Å². The molecule has 1 aromatic rings. The Labute approximate surface area is 116 Å². The standard InChI is InChI=1S/C16H25FN2/c1-3-13-5-4-9-19(10-8-13)16-7-6-14(12-18-2)11-15(16)17/h6-7,11,13,18H,3-5,8-10,12H2,1-2H3. The molecule has 0 spiro atoms. The third-order valence-corrected chi connectivity index (χ3v) is 4.16. The maximum Gasteiger partial charge on any atom is 0.146 e. The lowest BCUT2D eigenvalue weighted by Crippen LogP contribution is -2.25. The fourth-order valence-electron chi connectivity index (χ4n) is 2.94. The Morgan fingerprint density at radius 2 is 2.16 bits per heavy atom. The van der Waals surface area contributed by atoms with Crippen LogP contribution in [0.25, 0.3) is 0 Å². The van der Waals surface area contributed by atoms with Gasteiger partial charge in [-0.25, -0.2) is 4.39 Å². The van der Waals surface area contributed by atoms with Crippen LogP contribution in [0, 0.1) is 11.7 Å². The fourth-order valence-corrected chi connectivity index (χ4v) is 2.94. The van der Waals surface area contributed by atoms with Gasteiger partial charge in [-0.2, -0.15) is 0 Å². The largest absolute Gasteiger partial charge is 0.369 e. The molecule has 3 heteroatoms. The zero-order chi connectivity index (χ0) is 13.7. The quantitative estimate of drug-likeness (QED) is 0.894. The number of nitrogens with one attached hydrogen (secondary N) is 1. The highest BCUT2D eigenvalue weighted by molar-refractivity contribution is 5.49. The van der Waals surface area contributed by atoms with E-state index in [0.717, 1.165) is 36.8 Å². The summed E-state index contributed by atoms with van der Waals surface area (Å²) < 4.78 is 14.2. The van der Waals surface area contributed by atoms with Gasteiger partial charge in [-0.1, -0.05) is 19.4 Å². The summed E-state index contributed by atoms with van der Waals surface area (Å²) in [5.41, 5.74) is 1.78. The van der Waals surface area contributed by atoms with E-state index in [1.165, 1.54) is 25.7 Å². The molecule has 1 fully saturated rings. The van der Waals surface area contributed by atoms with Crippen LogP contribution in [-0.4, -0.2) is 20.1 Å². The minimum atomic E-state index is -0.0808. The first kappa shape index (κ1) is 14.3. The van der Waals surface area contributed by atoms with Crippen LogP contribution >= 0.6 is 0 Å². The predicted molar refractivity (Wildman–Crippen MR) is 79.0 cm³/mol. The topological polar surface area (TPSA) is 15.3 Å². The van der Waals surface area contributed by atoms with Crippen molar-refractivity contribution in [3.05, 3.63) is 29.6 Å². The Hall–Kier alpha value is -1.09. The monoisotopic (exact) mass is 264 g/mol. The SMILES string of the molecule is CCC1CCCN(c2ccc(CNC)cc2F)CC1. The van der Waals surface area contributed by atoms with Crippen molar-refractivity contribution in [1.29, 1.82) is 0 Å². The summed E-state index contributed by atoms with van der Waals surface area (Å²) in [5.74, 6) is 0.735. The molecule has 0 radical (unpaired) electrons. The summed E-state index contributed by atoms with van der Waals surface area (Å²) in [7, 11) is 1.88. The molecule has 2 rings (SSSR count). The number of anilines is 1. The fraction of sp³-hybridized carbons (Fsp3) is 0.625. The number of hydrogen-bond donors (Lipinski definition) is 1. The van der Waals surface area contributed by atoms with E-state index >= 15 is 0 Å². The molecule has 106 valence electrons. The summed E-state index contributed by atoms with van der Waals surface area (Å²) in [6, 6.07) is 5.62.